The monoisotopic (exact) mass is 277 g/mol. The number of hydrogen-bond acceptors (Lipinski definition) is 4. The first-order valence-corrected chi connectivity index (χ1v) is 7.11. The number of amidine groups is 1. The fraction of sp³-hybridized carbons (Fsp3) is 0.533. The highest BCUT2D eigenvalue weighted by atomic mass is 16.5. The van der Waals surface area contributed by atoms with E-state index in [1.54, 1.807) is 0 Å². The maximum absolute atomic E-state index is 8.63. The van der Waals surface area contributed by atoms with Crippen LogP contribution in [0.25, 0.3) is 0 Å². The van der Waals surface area contributed by atoms with Crippen molar-refractivity contribution in [2.45, 2.75) is 31.8 Å². The summed E-state index contributed by atoms with van der Waals surface area (Å²) < 4.78 is 5.63. The zero-order valence-corrected chi connectivity index (χ0v) is 12.0. The molecule has 0 aliphatic carbocycles. The minimum Gasteiger partial charge on any atom is -0.409 e. The van der Waals surface area contributed by atoms with E-state index in [1.165, 1.54) is 12.8 Å². The molecule has 1 heterocycles. The molecule has 2 rings (SSSR count). The molecule has 0 radical (unpaired) electrons. The summed E-state index contributed by atoms with van der Waals surface area (Å²) in [6.45, 7) is 1.93. The third kappa shape index (κ3) is 3.87. The van der Waals surface area contributed by atoms with Crippen LogP contribution in [-0.4, -0.2) is 37.3 Å². The molecule has 1 atom stereocenters. The second-order valence-corrected chi connectivity index (χ2v) is 5.23. The van der Waals surface area contributed by atoms with Gasteiger partial charge in [-0.25, -0.2) is 0 Å². The highest BCUT2D eigenvalue weighted by Crippen LogP contribution is 2.18. The predicted molar refractivity (Wildman–Crippen MR) is 80.4 cm³/mol. The molecule has 1 aliphatic rings. The molecule has 5 nitrogen and oxygen atoms in total. The molecule has 5 heteroatoms. The maximum Gasteiger partial charge on any atom is 0.170 e. The van der Waals surface area contributed by atoms with E-state index in [4.69, 9.17) is 15.7 Å². The van der Waals surface area contributed by atoms with Gasteiger partial charge in [0.2, 0.25) is 0 Å². The molecule has 1 aromatic rings. The van der Waals surface area contributed by atoms with Gasteiger partial charge in [-0.15, -0.1) is 0 Å². The minimum atomic E-state index is 0.137. The standard InChI is InChI=1S/C15H23N3O2/c1-18(10-2-4-14-5-3-11-20-14)13-8-6-12(7-9-13)15(16)17-19/h6-9,14,19H,2-5,10-11H2,1H3,(H2,16,17). The number of anilines is 1. The highest BCUT2D eigenvalue weighted by Gasteiger charge is 2.15. The van der Waals surface area contributed by atoms with Crippen molar-refractivity contribution in [1.82, 2.24) is 0 Å². The van der Waals surface area contributed by atoms with Gasteiger partial charge in [0.15, 0.2) is 5.84 Å². The summed E-state index contributed by atoms with van der Waals surface area (Å²) >= 11 is 0. The first kappa shape index (κ1) is 14.7. The van der Waals surface area contributed by atoms with Gasteiger partial charge in [-0.05, 0) is 49.9 Å². The summed E-state index contributed by atoms with van der Waals surface area (Å²) in [7, 11) is 2.08. The van der Waals surface area contributed by atoms with Gasteiger partial charge in [-0.1, -0.05) is 5.16 Å². The zero-order chi connectivity index (χ0) is 14.4. The van der Waals surface area contributed by atoms with Crippen molar-refractivity contribution in [1.29, 1.82) is 0 Å². The van der Waals surface area contributed by atoms with Crippen LogP contribution in [0, 0.1) is 0 Å². The van der Waals surface area contributed by atoms with Crippen molar-refractivity contribution < 1.29 is 9.94 Å². The lowest BCUT2D eigenvalue weighted by molar-refractivity contribution is 0.103. The van der Waals surface area contributed by atoms with Crippen LogP contribution in [0.5, 0.6) is 0 Å². The molecule has 1 unspecified atom stereocenters. The van der Waals surface area contributed by atoms with E-state index in [-0.39, 0.29) is 5.84 Å². The van der Waals surface area contributed by atoms with Crippen molar-refractivity contribution in [2.24, 2.45) is 10.9 Å². The average Bonchev–Trinajstić information content (AvgIpc) is 2.99. The van der Waals surface area contributed by atoms with Crippen LogP contribution < -0.4 is 10.6 Å². The van der Waals surface area contributed by atoms with Gasteiger partial charge in [0.1, 0.15) is 0 Å². The molecule has 0 spiro atoms. The van der Waals surface area contributed by atoms with E-state index >= 15 is 0 Å². The van der Waals surface area contributed by atoms with Crippen molar-refractivity contribution in [3.8, 4) is 0 Å². The first-order chi connectivity index (χ1) is 9.70. The van der Waals surface area contributed by atoms with Crippen LogP contribution >= 0.6 is 0 Å². The Hall–Kier alpha value is -1.75. The molecule has 110 valence electrons. The van der Waals surface area contributed by atoms with Gasteiger partial charge < -0.3 is 20.6 Å². The molecule has 1 aliphatic heterocycles. The molecule has 0 saturated carbocycles. The van der Waals surface area contributed by atoms with Crippen LogP contribution in [0.2, 0.25) is 0 Å². The molecular formula is C15H23N3O2. The van der Waals surface area contributed by atoms with E-state index in [0.717, 1.165) is 37.2 Å². The Morgan fingerprint density at radius 3 is 2.80 bits per heavy atom. The Bertz CT molecular complexity index is 439. The van der Waals surface area contributed by atoms with E-state index in [2.05, 4.69) is 17.1 Å². The van der Waals surface area contributed by atoms with Crippen molar-refractivity contribution in [3.05, 3.63) is 29.8 Å². The van der Waals surface area contributed by atoms with Gasteiger partial charge >= 0.3 is 0 Å². The van der Waals surface area contributed by atoms with Crippen LogP contribution in [-0.2, 0) is 4.74 Å². The summed E-state index contributed by atoms with van der Waals surface area (Å²) in [5.41, 5.74) is 7.40. The molecular weight excluding hydrogens is 254 g/mol. The van der Waals surface area contributed by atoms with E-state index in [9.17, 15) is 0 Å². The number of ether oxygens (including phenoxy) is 1. The molecule has 0 aromatic heterocycles. The van der Waals surface area contributed by atoms with Gasteiger partial charge in [0.05, 0.1) is 6.10 Å². The number of oxime groups is 1. The lowest BCUT2D eigenvalue weighted by Crippen LogP contribution is -2.20. The lowest BCUT2D eigenvalue weighted by atomic mass is 10.1. The first-order valence-electron chi connectivity index (χ1n) is 7.11. The van der Waals surface area contributed by atoms with Crippen molar-refractivity contribution in [2.75, 3.05) is 25.1 Å². The molecule has 20 heavy (non-hydrogen) atoms. The number of benzene rings is 1. The Morgan fingerprint density at radius 2 is 2.20 bits per heavy atom. The highest BCUT2D eigenvalue weighted by molar-refractivity contribution is 5.97. The van der Waals surface area contributed by atoms with Crippen LogP contribution in [0.1, 0.15) is 31.2 Å². The van der Waals surface area contributed by atoms with Crippen LogP contribution in [0.4, 0.5) is 5.69 Å². The van der Waals surface area contributed by atoms with E-state index in [0.29, 0.717) is 6.10 Å². The number of nitrogens with two attached hydrogens (primary N) is 1. The predicted octanol–water partition coefficient (Wildman–Crippen LogP) is 2.18. The average molecular weight is 277 g/mol. The summed E-state index contributed by atoms with van der Waals surface area (Å²) in [4.78, 5) is 2.21. The van der Waals surface area contributed by atoms with Crippen molar-refractivity contribution in [3.63, 3.8) is 0 Å². The molecule has 1 fully saturated rings. The Balaban J connectivity index is 1.80. The second-order valence-electron chi connectivity index (χ2n) is 5.23. The SMILES string of the molecule is CN(CCCC1CCCO1)c1ccc(C(N)=NO)cc1. The fourth-order valence-corrected chi connectivity index (χ4v) is 2.50. The fourth-order valence-electron chi connectivity index (χ4n) is 2.50. The van der Waals surface area contributed by atoms with Crippen LogP contribution in [0.15, 0.2) is 29.4 Å². The molecule has 0 bridgehead atoms. The molecule has 1 saturated heterocycles. The normalized spacial score (nSPS) is 19.2. The zero-order valence-electron chi connectivity index (χ0n) is 12.0. The van der Waals surface area contributed by atoms with Crippen LogP contribution in [0.3, 0.4) is 0 Å². The Kier molecular flexibility index (Phi) is 5.24. The summed E-state index contributed by atoms with van der Waals surface area (Å²) in [6.07, 6.45) is 5.13. The quantitative estimate of drug-likeness (QED) is 0.362. The maximum atomic E-state index is 8.63. The van der Waals surface area contributed by atoms with E-state index < -0.39 is 0 Å². The summed E-state index contributed by atoms with van der Waals surface area (Å²) in [5, 5.41) is 11.6. The lowest BCUT2D eigenvalue weighted by Gasteiger charge is -2.20. The van der Waals surface area contributed by atoms with Gasteiger partial charge in [0.25, 0.3) is 0 Å². The number of nitrogens with zero attached hydrogens (tertiary/aromatic N) is 2. The molecule has 3 N–H and O–H groups in total. The third-order valence-electron chi connectivity index (χ3n) is 3.76. The van der Waals surface area contributed by atoms with Gasteiger partial charge in [0, 0.05) is 31.5 Å². The largest absolute Gasteiger partial charge is 0.409 e. The topological polar surface area (TPSA) is 71.1 Å². The van der Waals surface area contributed by atoms with Gasteiger partial charge in [-0.3, -0.25) is 0 Å². The third-order valence-corrected chi connectivity index (χ3v) is 3.76. The Morgan fingerprint density at radius 1 is 1.45 bits per heavy atom. The Labute approximate surface area is 120 Å². The smallest absolute Gasteiger partial charge is 0.170 e. The second kappa shape index (κ2) is 7.14. The van der Waals surface area contributed by atoms with Gasteiger partial charge in [-0.2, -0.15) is 0 Å². The number of rotatable bonds is 6. The number of hydrogen-bond donors (Lipinski definition) is 2. The molecule has 1 aromatic carbocycles. The summed E-state index contributed by atoms with van der Waals surface area (Å²) in [6, 6.07) is 7.70. The van der Waals surface area contributed by atoms with E-state index in [1.807, 2.05) is 24.3 Å². The minimum absolute atomic E-state index is 0.137. The summed E-state index contributed by atoms with van der Waals surface area (Å²) in [5.74, 6) is 0.137. The molecule has 0 amide bonds. The van der Waals surface area contributed by atoms with Crippen molar-refractivity contribution >= 4 is 11.5 Å².